The summed E-state index contributed by atoms with van der Waals surface area (Å²) in [4.78, 5) is 21.0. The van der Waals surface area contributed by atoms with E-state index in [1.54, 1.807) is 0 Å². The normalized spacial score (nSPS) is 22.9. The number of rotatable bonds is 3. The number of amides is 1. The molecule has 1 amide bonds. The highest BCUT2D eigenvalue weighted by molar-refractivity contribution is 5.79. The zero-order valence-corrected chi connectivity index (χ0v) is 8.93. The van der Waals surface area contributed by atoms with E-state index in [-0.39, 0.29) is 17.5 Å². The van der Waals surface area contributed by atoms with Crippen molar-refractivity contribution in [2.75, 3.05) is 0 Å². The Labute approximate surface area is 96.6 Å². The van der Waals surface area contributed by atoms with Gasteiger partial charge in [-0.05, 0) is 30.4 Å². The highest BCUT2D eigenvalue weighted by Crippen LogP contribution is 2.43. The van der Waals surface area contributed by atoms with Crippen molar-refractivity contribution in [1.82, 2.24) is 0 Å². The standard InChI is InChI=1S/C11H11FN2O3/c12-7-3-6(4-8(5-7)14(16)17)9-1-2-10(9)11(13)15/h3-5,9-10H,1-2H2,(H2,13,15)/t9-,10-/m1/s1. The molecule has 0 aromatic heterocycles. The molecule has 1 fully saturated rings. The SMILES string of the molecule is NC(=O)[C@@H]1CC[C@@H]1c1cc(F)cc([N+](=O)[O-])c1. The number of nitro groups is 1. The van der Waals surface area contributed by atoms with Crippen LogP contribution in [0.25, 0.3) is 0 Å². The Kier molecular flexibility index (Phi) is 2.79. The van der Waals surface area contributed by atoms with Gasteiger partial charge < -0.3 is 5.73 Å². The minimum Gasteiger partial charge on any atom is -0.369 e. The van der Waals surface area contributed by atoms with Crippen LogP contribution in [0.2, 0.25) is 0 Å². The van der Waals surface area contributed by atoms with Crippen molar-refractivity contribution in [3.63, 3.8) is 0 Å². The quantitative estimate of drug-likeness (QED) is 0.642. The van der Waals surface area contributed by atoms with Gasteiger partial charge in [-0.15, -0.1) is 0 Å². The fourth-order valence-corrected chi connectivity index (χ4v) is 2.16. The van der Waals surface area contributed by atoms with Crippen molar-refractivity contribution in [3.05, 3.63) is 39.7 Å². The molecule has 1 aromatic rings. The van der Waals surface area contributed by atoms with Gasteiger partial charge in [0.1, 0.15) is 5.82 Å². The Hall–Kier alpha value is -1.98. The Balaban J connectivity index is 2.33. The fourth-order valence-electron chi connectivity index (χ4n) is 2.16. The molecule has 0 aliphatic heterocycles. The summed E-state index contributed by atoms with van der Waals surface area (Å²) in [7, 11) is 0. The van der Waals surface area contributed by atoms with Crippen molar-refractivity contribution < 1.29 is 14.1 Å². The van der Waals surface area contributed by atoms with Gasteiger partial charge in [0.2, 0.25) is 5.91 Å². The number of carbonyl (C=O) groups excluding carboxylic acids is 1. The lowest BCUT2D eigenvalue weighted by molar-refractivity contribution is -0.385. The number of non-ortho nitro benzene ring substituents is 1. The number of primary amides is 1. The largest absolute Gasteiger partial charge is 0.369 e. The van der Waals surface area contributed by atoms with Crippen LogP contribution < -0.4 is 5.73 Å². The number of nitrogens with two attached hydrogens (primary N) is 1. The van der Waals surface area contributed by atoms with Gasteiger partial charge in [-0.1, -0.05) is 0 Å². The van der Waals surface area contributed by atoms with Crippen molar-refractivity contribution in [2.45, 2.75) is 18.8 Å². The molecule has 0 spiro atoms. The van der Waals surface area contributed by atoms with Crippen molar-refractivity contribution >= 4 is 11.6 Å². The van der Waals surface area contributed by atoms with Gasteiger partial charge in [0.15, 0.2) is 0 Å². The van der Waals surface area contributed by atoms with Gasteiger partial charge in [0.25, 0.3) is 5.69 Å². The first-order chi connectivity index (χ1) is 7.99. The maximum Gasteiger partial charge on any atom is 0.272 e. The molecular weight excluding hydrogens is 227 g/mol. The zero-order chi connectivity index (χ0) is 12.6. The molecule has 0 saturated heterocycles. The maximum atomic E-state index is 13.2. The monoisotopic (exact) mass is 238 g/mol. The van der Waals surface area contributed by atoms with E-state index in [9.17, 15) is 19.3 Å². The zero-order valence-electron chi connectivity index (χ0n) is 8.93. The number of hydrogen-bond donors (Lipinski definition) is 1. The van der Waals surface area contributed by atoms with Crippen LogP contribution >= 0.6 is 0 Å². The first-order valence-corrected chi connectivity index (χ1v) is 5.23. The fraction of sp³-hybridized carbons (Fsp3) is 0.364. The molecular formula is C11H11FN2O3. The molecule has 1 saturated carbocycles. The number of carbonyl (C=O) groups is 1. The van der Waals surface area contributed by atoms with Crippen molar-refractivity contribution in [3.8, 4) is 0 Å². The Morgan fingerprint density at radius 2 is 2.12 bits per heavy atom. The molecule has 0 bridgehead atoms. The minimum atomic E-state index is -0.663. The number of nitro benzene ring substituents is 1. The molecule has 5 nitrogen and oxygen atoms in total. The molecule has 0 radical (unpaired) electrons. The van der Waals surface area contributed by atoms with Crippen LogP contribution in [0, 0.1) is 21.8 Å². The third kappa shape index (κ3) is 2.11. The van der Waals surface area contributed by atoms with E-state index in [1.807, 2.05) is 0 Å². The van der Waals surface area contributed by atoms with E-state index in [0.717, 1.165) is 6.07 Å². The Morgan fingerprint density at radius 1 is 1.41 bits per heavy atom. The Morgan fingerprint density at radius 3 is 2.59 bits per heavy atom. The van der Waals surface area contributed by atoms with E-state index >= 15 is 0 Å². The van der Waals surface area contributed by atoms with Gasteiger partial charge in [-0.25, -0.2) is 4.39 Å². The topological polar surface area (TPSA) is 86.2 Å². The summed E-state index contributed by atoms with van der Waals surface area (Å²) in [6, 6.07) is 3.40. The average molecular weight is 238 g/mol. The van der Waals surface area contributed by atoms with Crippen LogP contribution in [0.1, 0.15) is 24.3 Å². The summed E-state index contributed by atoms with van der Waals surface area (Å²) < 4.78 is 13.2. The van der Waals surface area contributed by atoms with Crippen LogP contribution in [0.4, 0.5) is 10.1 Å². The second-order valence-electron chi connectivity index (χ2n) is 4.19. The molecule has 90 valence electrons. The van der Waals surface area contributed by atoms with E-state index in [4.69, 9.17) is 5.73 Å². The Bertz CT molecular complexity index is 490. The summed E-state index contributed by atoms with van der Waals surface area (Å²) in [6.07, 6.45) is 1.36. The van der Waals surface area contributed by atoms with Gasteiger partial charge in [0, 0.05) is 12.0 Å². The number of hydrogen-bond acceptors (Lipinski definition) is 3. The average Bonchev–Trinajstić information content (AvgIpc) is 2.13. The molecule has 2 atom stereocenters. The lowest BCUT2D eigenvalue weighted by Crippen LogP contribution is -2.35. The van der Waals surface area contributed by atoms with Crippen LogP contribution in [-0.2, 0) is 4.79 Å². The van der Waals surface area contributed by atoms with E-state index in [0.29, 0.717) is 18.4 Å². The molecule has 17 heavy (non-hydrogen) atoms. The third-order valence-electron chi connectivity index (χ3n) is 3.18. The predicted molar refractivity (Wildman–Crippen MR) is 57.7 cm³/mol. The summed E-state index contributed by atoms with van der Waals surface area (Å²) in [6.45, 7) is 0. The second-order valence-corrected chi connectivity index (χ2v) is 4.19. The molecule has 1 aliphatic rings. The van der Waals surface area contributed by atoms with Crippen molar-refractivity contribution in [2.24, 2.45) is 11.7 Å². The highest BCUT2D eigenvalue weighted by atomic mass is 19.1. The van der Waals surface area contributed by atoms with Gasteiger partial charge in [-0.3, -0.25) is 14.9 Å². The van der Waals surface area contributed by atoms with Gasteiger partial charge >= 0.3 is 0 Å². The first kappa shape index (κ1) is 11.5. The summed E-state index contributed by atoms with van der Waals surface area (Å²) in [5.74, 6) is -1.63. The second kappa shape index (κ2) is 4.12. The lowest BCUT2D eigenvalue weighted by atomic mass is 9.69. The van der Waals surface area contributed by atoms with Crippen molar-refractivity contribution in [1.29, 1.82) is 0 Å². The molecule has 2 N–H and O–H groups in total. The van der Waals surface area contributed by atoms with E-state index in [2.05, 4.69) is 0 Å². The third-order valence-corrected chi connectivity index (χ3v) is 3.18. The van der Waals surface area contributed by atoms with E-state index in [1.165, 1.54) is 12.1 Å². The summed E-state index contributed by atoms with van der Waals surface area (Å²) >= 11 is 0. The van der Waals surface area contributed by atoms with Crippen LogP contribution in [-0.4, -0.2) is 10.8 Å². The molecule has 0 heterocycles. The van der Waals surface area contributed by atoms with E-state index < -0.39 is 16.6 Å². The molecule has 6 heteroatoms. The van der Waals surface area contributed by atoms with Gasteiger partial charge in [-0.2, -0.15) is 0 Å². The maximum absolute atomic E-state index is 13.2. The van der Waals surface area contributed by atoms with Gasteiger partial charge in [0.05, 0.1) is 11.0 Å². The number of nitrogens with zero attached hydrogens (tertiary/aromatic N) is 1. The molecule has 2 rings (SSSR count). The van der Waals surface area contributed by atoms with Crippen LogP contribution in [0.5, 0.6) is 0 Å². The number of halogens is 1. The summed E-state index contributed by atoms with van der Waals surface area (Å²) in [5.41, 5.74) is 5.38. The predicted octanol–water partition coefficient (Wildman–Crippen LogP) is 1.71. The van der Waals surface area contributed by atoms with Crippen LogP contribution in [0.15, 0.2) is 18.2 Å². The van der Waals surface area contributed by atoms with Crippen LogP contribution in [0.3, 0.4) is 0 Å². The smallest absolute Gasteiger partial charge is 0.272 e. The molecule has 1 aliphatic carbocycles. The molecule has 0 unspecified atom stereocenters. The highest BCUT2D eigenvalue weighted by Gasteiger charge is 2.37. The first-order valence-electron chi connectivity index (χ1n) is 5.23. The summed E-state index contributed by atoms with van der Waals surface area (Å²) in [5, 5.41) is 10.6. The minimum absolute atomic E-state index is 0.193. The molecule has 1 aromatic carbocycles. The lowest BCUT2D eigenvalue weighted by Gasteiger charge is -2.34. The number of benzene rings is 1.